The van der Waals surface area contributed by atoms with Gasteiger partial charge in [0.2, 0.25) is 0 Å². The fourth-order valence-electron chi connectivity index (χ4n) is 2.50. The summed E-state index contributed by atoms with van der Waals surface area (Å²) < 4.78 is 0. The third-order valence-electron chi connectivity index (χ3n) is 3.14. The first-order chi connectivity index (χ1) is 4.92. The molecule has 10 heavy (non-hydrogen) atoms. The molecule has 0 aromatic carbocycles. The minimum absolute atomic E-state index is 0.414. The number of piperidine rings is 1. The first-order valence-corrected chi connectivity index (χ1v) is 4.23. The molecule has 2 rings (SSSR count). The molecule has 2 aliphatic rings. The molecule has 2 fully saturated rings. The molecule has 0 amide bonds. The fraction of sp³-hybridized carbons (Fsp3) is 1.00. The zero-order valence-corrected chi connectivity index (χ0v) is 6.21. The highest BCUT2D eigenvalue weighted by Gasteiger charge is 2.37. The van der Waals surface area contributed by atoms with Crippen molar-refractivity contribution in [2.45, 2.75) is 12.8 Å². The van der Waals surface area contributed by atoms with E-state index in [0.717, 1.165) is 24.9 Å². The topological polar surface area (TPSA) is 32.3 Å². The Balaban J connectivity index is 2.06. The number of nitrogens with one attached hydrogen (secondary N) is 1. The Bertz CT molecular complexity index is 110. The van der Waals surface area contributed by atoms with Gasteiger partial charge in [-0.05, 0) is 43.7 Å². The lowest BCUT2D eigenvalue weighted by molar-refractivity contribution is 0.136. The van der Waals surface area contributed by atoms with Gasteiger partial charge in [-0.25, -0.2) is 0 Å². The SMILES string of the molecule is OCC1[C@@H]2CC[C@H]1CNC2. The monoisotopic (exact) mass is 141 g/mol. The van der Waals surface area contributed by atoms with E-state index in [0.29, 0.717) is 12.5 Å². The van der Waals surface area contributed by atoms with Crippen LogP contribution in [0.3, 0.4) is 0 Å². The Morgan fingerprint density at radius 1 is 1.20 bits per heavy atom. The fourth-order valence-corrected chi connectivity index (χ4v) is 2.50. The van der Waals surface area contributed by atoms with Crippen LogP contribution in [0.1, 0.15) is 12.8 Å². The molecule has 1 saturated heterocycles. The van der Waals surface area contributed by atoms with Crippen LogP contribution in [0.15, 0.2) is 0 Å². The van der Waals surface area contributed by atoms with Crippen molar-refractivity contribution in [2.75, 3.05) is 19.7 Å². The molecule has 2 nitrogen and oxygen atoms in total. The van der Waals surface area contributed by atoms with Gasteiger partial charge in [0.05, 0.1) is 0 Å². The Labute approximate surface area is 61.6 Å². The van der Waals surface area contributed by atoms with Crippen LogP contribution < -0.4 is 5.32 Å². The van der Waals surface area contributed by atoms with E-state index < -0.39 is 0 Å². The van der Waals surface area contributed by atoms with Gasteiger partial charge in [0, 0.05) is 6.61 Å². The van der Waals surface area contributed by atoms with Crippen LogP contribution in [-0.2, 0) is 0 Å². The number of rotatable bonds is 1. The van der Waals surface area contributed by atoms with Crippen LogP contribution >= 0.6 is 0 Å². The van der Waals surface area contributed by atoms with E-state index in [1.54, 1.807) is 0 Å². The minimum Gasteiger partial charge on any atom is -0.396 e. The second-order valence-electron chi connectivity index (χ2n) is 3.60. The summed E-state index contributed by atoms with van der Waals surface area (Å²) in [5.74, 6) is 2.19. The molecule has 2 N–H and O–H groups in total. The van der Waals surface area contributed by atoms with Gasteiger partial charge >= 0.3 is 0 Å². The largest absolute Gasteiger partial charge is 0.396 e. The molecule has 0 radical (unpaired) electrons. The molecular formula is C8H15NO. The van der Waals surface area contributed by atoms with Gasteiger partial charge in [0.1, 0.15) is 0 Å². The summed E-state index contributed by atoms with van der Waals surface area (Å²) in [4.78, 5) is 0. The Morgan fingerprint density at radius 2 is 1.80 bits per heavy atom. The van der Waals surface area contributed by atoms with Crippen molar-refractivity contribution in [1.29, 1.82) is 0 Å². The molecule has 0 aromatic heterocycles. The summed E-state index contributed by atoms with van der Waals surface area (Å²) in [5, 5.41) is 12.4. The van der Waals surface area contributed by atoms with Crippen molar-refractivity contribution >= 4 is 0 Å². The molecule has 2 bridgehead atoms. The maximum absolute atomic E-state index is 9.04. The van der Waals surface area contributed by atoms with Crippen molar-refractivity contribution in [1.82, 2.24) is 5.32 Å². The lowest BCUT2D eigenvalue weighted by Gasteiger charge is -2.28. The average Bonchev–Trinajstić information content (AvgIpc) is 2.19. The lowest BCUT2D eigenvalue weighted by Crippen LogP contribution is -2.39. The highest BCUT2D eigenvalue weighted by Crippen LogP contribution is 2.38. The zero-order valence-electron chi connectivity index (χ0n) is 6.21. The molecule has 3 atom stereocenters. The summed E-state index contributed by atoms with van der Waals surface area (Å²) in [5.41, 5.74) is 0. The van der Waals surface area contributed by atoms with Crippen molar-refractivity contribution in [3.05, 3.63) is 0 Å². The van der Waals surface area contributed by atoms with Crippen LogP contribution in [0, 0.1) is 17.8 Å². The molecule has 1 aliphatic carbocycles. The van der Waals surface area contributed by atoms with Gasteiger partial charge in [-0.15, -0.1) is 0 Å². The van der Waals surface area contributed by atoms with Crippen molar-refractivity contribution in [2.24, 2.45) is 17.8 Å². The molecule has 58 valence electrons. The van der Waals surface area contributed by atoms with Gasteiger partial charge < -0.3 is 10.4 Å². The van der Waals surface area contributed by atoms with E-state index >= 15 is 0 Å². The molecule has 2 heteroatoms. The van der Waals surface area contributed by atoms with E-state index in [4.69, 9.17) is 5.11 Å². The summed E-state index contributed by atoms with van der Waals surface area (Å²) >= 11 is 0. The second-order valence-corrected chi connectivity index (χ2v) is 3.60. The Hall–Kier alpha value is -0.0800. The highest BCUT2D eigenvalue weighted by atomic mass is 16.3. The second kappa shape index (κ2) is 2.51. The maximum atomic E-state index is 9.04. The first kappa shape index (κ1) is 6.62. The number of fused-ring (bicyclic) bond motifs is 2. The molecule has 0 spiro atoms. The summed E-state index contributed by atoms with van der Waals surface area (Å²) in [6.07, 6.45) is 2.67. The summed E-state index contributed by atoms with van der Waals surface area (Å²) in [6, 6.07) is 0. The number of hydrogen-bond donors (Lipinski definition) is 2. The molecule has 1 saturated carbocycles. The van der Waals surface area contributed by atoms with E-state index in [1.165, 1.54) is 12.8 Å². The summed E-state index contributed by atoms with van der Waals surface area (Å²) in [7, 11) is 0. The van der Waals surface area contributed by atoms with Crippen LogP contribution in [-0.4, -0.2) is 24.8 Å². The predicted octanol–water partition coefficient (Wildman–Crippen LogP) is 0.224. The lowest BCUT2D eigenvalue weighted by atomic mass is 9.87. The normalized spacial score (nSPS) is 45.9. The van der Waals surface area contributed by atoms with E-state index in [-0.39, 0.29) is 0 Å². The quantitative estimate of drug-likeness (QED) is 0.547. The van der Waals surface area contributed by atoms with Crippen molar-refractivity contribution in [3.8, 4) is 0 Å². The van der Waals surface area contributed by atoms with Crippen molar-refractivity contribution < 1.29 is 5.11 Å². The van der Waals surface area contributed by atoms with Gasteiger partial charge in [-0.2, -0.15) is 0 Å². The third kappa shape index (κ3) is 0.867. The van der Waals surface area contributed by atoms with Crippen LogP contribution in [0.5, 0.6) is 0 Å². The number of aliphatic hydroxyl groups excluding tert-OH is 1. The number of aliphatic hydroxyl groups is 1. The van der Waals surface area contributed by atoms with Crippen LogP contribution in [0.25, 0.3) is 0 Å². The van der Waals surface area contributed by atoms with Crippen LogP contribution in [0.4, 0.5) is 0 Å². The predicted molar refractivity (Wildman–Crippen MR) is 39.7 cm³/mol. The molecular weight excluding hydrogens is 126 g/mol. The third-order valence-corrected chi connectivity index (χ3v) is 3.14. The molecule has 1 aliphatic heterocycles. The zero-order chi connectivity index (χ0) is 6.97. The smallest absolute Gasteiger partial charge is 0.0465 e. The first-order valence-electron chi connectivity index (χ1n) is 4.23. The number of hydrogen-bond acceptors (Lipinski definition) is 2. The average molecular weight is 141 g/mol. The maximum Gasteiger partial charge on any atom is 0.0465 e. The minimum atomic E-state index is 0.414. The van der Waals surface area contributed by atoms with Gasteiger partial charge in [0.25, 0.3) is 0 Å². The highest BCUT2D eigenvalue weighted by molar-refractivity contribution is 4.90. The van der Waals surface area contributed by atoms with Crippen molar-refractivity contribution in [3.63, 3.8) is 0 Å². The summed E-state index contributed by atoms with van der Waals surface area (Å²) in [6.45, 7) is 2.69. The molecule has 1 unspecified atom stereocenters. The standard InChI is InChI=1S/C8H15NO/c10-5-8-6-1-2-7(8)4-9-3-6/h6-10H,1-5H2/t6-,7+,8?. The Morgan fingerprint density at radius 3 is 2.20 bits per heavy atom. The van der Waals surface area contributed by atoms with Gasteiger partial charge in [-0.3, -0.25) is 0 Å². The van der Waals surface area contributed by atoms with Crippen LogP contribution in [0.2, 0.25) is 0 Å². The molecule has 0 aromatic rings. The van der Waals surface area contributed by atoms with E-state index in [9.17, 15) is 0 Å². The van der Waals surface area contributed by atoms with E-state index in [2.05, 4.69) is 5.32 Å². The molecule has 1 heterocycles. The Kier molecular flexibility index (Phi) is 1.66. The van der Waals surface area contributed by atoms with Gasteiger partial charge in [0.15, 0.2) is 0 Å². The van der Waals surface area contributed by atoms with Gasteiger partial charge in [-0.1, -0.05) is 0 Å². The van der Waals surface area contributed by atoms with E-state index in [1.807, 2.05) is 0 Å².